The number of aliphatic hydroxyl groups is 2. The molecule has 0 aromatic carbocycles. The summed E-state index contributed by atoms with van der Waals surface area (Å²) in [6.45, 7) is 6.68. The van der Waals surface area contributed by atoms with E-state index in [-0.39, 0.29) is 12.6 Å². The molecule has 1 aliphatic rings. The van der Waals surface area contributed by atoms with Gasteiger partial charge < -0.3 is 25.1 Å². The van der Waals surface area contributed by atoms with Crippen molar-refractivity contribution in [2.75, 3.05) is 12.3 Å². The van der Waals surface area contributed by atoms with E-state index >= 15 is 0 Å². The van der Waals surface area contributed by atoms with Gasteiger partial charge in [-0.1, -0.05) is 45.4 Å². The highest BCUT2D eigenvalue weighted by atomic mass is 28.4. The van der Waals surface area contributed by atoms with E-state index in [9.17, 15) is 15.0 Å². The van der Waals surface area contributed by atoms with E-state index in [0.717, 1.165) is 23.4 Å². The number of aliphatic hydroxyl groups excluding tert-OH is 2. The Labute approximate surface area is 167 Å². The van der Waals surface area contributed by atoms with E-state index in [1.54, 1.807) is 0 Å². The minimum absolute atomic E-state index is 0.156. The fraction of sp³-hybridized carbons (Fsp3) is 0.833. The number of hydrogen-bond donors (Lipinski definition) is 3. The molecule has 0 amide bonds. The smallest absolute Gasteiger partial charge is 0.354 e. The lowest BCUT2D eigenvalue weighted by Crippen LogP contribution is -2.39. The topological polar surface area (TPSA) is 133 Å². The number of rotatable bonds is 11. The Morgan fingerprint density at radius 1 is 1.21 bits per heavy atom. The van der Waals surface area contributed by atoms with Crippen molar-refractivity contribution in [3.8, 4) is 0 Å². The Hall–Kier alpha value is -1.33. The minimum Gasteiger partial charge on any atom is -0.415 e. The fourth-order valence-corrected chi connectivity index (χ4v) is 5.20. The average Bonchev–Trinajstić information content (AvgIpc) is 2.91. The molecular formula is C18H34N4O5Si. The first-order chi connectivity index (χ1) is 13.2. The Bertz CT molecular complexity index is 672. The maximum Gasteiger partial charge on any atom is 0.354 e. The fourth-order valence-electron chi connectivity index (χ4n) is 3.34. The average molecular weight is 415 g/mol. The van der Waals surface area contributed by atoms with Gasteiger partial charge in [0.2, 0.25) is 5.95 Å². The van der Waals surface area contributed by atoms with Gasteiger partial charge in [-0.25, -0.2) is 9.78 Å². The molecule has 9 nitrogen and oxygen atoms in total. The summed E-state index contributed by atoms with van der Waals surface area (Å²) >= 11 is 0. The van der Waals surface area contributed by atoms with Crippen LogP contribution in [-0.2, 0) is 9.16 Å². The molecule has 4 atom stereocenters. The van der Waals surface area contributed by atoms with Crippen LogP contribution in [0, 0.1) is 0 Å². The molecule has 160 valence electrons. The summed E-state index contributed by atoms with van der Waals surface area (Å²) in [4.78, 5) is 19.2. The summed E-state index contributed by atoms with van der Waals surface area (Å²) < 4.78 is 12.8. The van der Waals surface area contributed by atoms with Crippen molar-refractivity contribution in [1.29, 1.82) is 0 Å². The normalized spacial score (nSPS) is 25.3. The van der Waals surface area contributed by atoms with Crippen molar-refractivity contribution in [3.05, 3.63) is 16.8 Å². The summed E-state index contributed by atoms with van der Waals surface area (Å²) in [5.74, 6) is -0.156. The van der Waals surface area contributed by atoms with Gasteiger partial charge in [0.25, 0.3) is 0 Å². The van der Waals surface area contributed by atoms with Gasteiger partial charge in [-0.2, -0.15) is 4.98 Å². The van der Waals surface area contributed by atoms with Crippen LogP contribution in [0.3, 0.4) is 0 Å². The van der Waals surface area contributed by atoms with Gasteiger partial charge in [0.15, 0.2) is 14.5 Å². The molecular weight excluding hydrogens is 380 g/mol. The van der Waals surface area contributed by atoms with Crippen molar-refractivity contribution >= 4 is 14.3 Å². The molecule has 28 heavy (non-hydrogen) atoms. The molecule has 0 spiro atoms. The van der Waals surface area contributed by atoms with Crippen LogP contribution in [0.1, 0.15) is 51.7 Å². The molecule has 1 aromatic heterocycles. The molecule has 0 aliphatic carbocycles. The summed E-state index contributed by atoms with van der Waals surface area (Å²) in [5, 5.41) is 20.6. The molecule has 1 aliphatic heterocycles. The van der Waals surface area contributed by atoms with Gasteiger partial charge >= 0.3 is 5.69 Å². The van der Waals surface area contributed by atoms with Crippen molar-refractivity contribution in [1.82, 2.24) is 14.5 Å². The van der Waals surface area contributed by atoms with Crippen molar-refractivity contribution < 1.29 is 19.4 Å². The number of aromatic nitrogens is 3. The summed E-state index contributed by atoms with van der Waals surface area (Å²) in [6, 6.07) is 1.04. The van der Waals surface area contributed by atoms with Crippen LogP contribution in [0.4, 0.5) is 5.95 Å². The number of nitrogens with zero attached hydrogens (tertiary/aromatic N) is 3. The highest BCUT2D eigenvalue weighted by molar-refractivity contribution is 6.71. The quantitative estimate of drug-likeness (QED) is 0.366. The number of nitrogen functional groups attached to an aromatic ring is 1. The molecule has 4 N–H and O–H groups in total. The first-order valence-electron chi connectivity index (χ1n) is 10.1. The van der Waals surface area contributed by atoms with E-state index in [0.29, 0.717) is 0 Å². The first-order valence-corrected chi connectivity index (χ1v) is 13.2. The summed E-state index contributed by atoms with van der Waals surface area (Å²) in [5.41, 5.74) is 4.69. The van der Waals surface area contributed by atoms with Crippen molar-refractivity contribution in [3.63, 3.8) is 0 Å². The minimum atomic E-state index is -1.89. The Morgan fingerprint density at radius 3 is 2.57 bits per heavy atom. The molecule has 10 heteroatoms. The zero-order chi connectivity index (χ0) is 20.7. The largest absolute Gasteiger partial charge is 0.415 e. The van der Waals surface area contributed by atoms with Crippen LogP contribution in [0.25, 0.3) is 0 Å². The van der Waals surface area contributed by atoms with Gasteiger partial charge in [0, 0.05) is 0 Å². The second-order valence-corrected chi connectivity index (χ2v) is 12.3. The standard InChI is InChI=1S/C18H34N4O5Si/c1-4-5-6-7-8-9-10-28(2,3)26-11-13-14(23)15(24)16(27-13)22-12-20-17(19)21-18(22)25/h12-16,23-24H,4-11H2,1-3H3,(H2,19,21,25)/t13-,14-,15-,16-/m1/s1. The lowest BCUT2D eigenvalue weighted by molar-refractivity contribution is -0.0531. The summed E-state index contributed by atoms with van der Waals surface area (Å²) in [7, 11) is -1.89. The lowest BCUT2D eigenvalue weighted by atomic mass is 10.1. The van der Waals surface area contributed by atoms with Gasteiger partial charge in [0.1, 0.15) is 24.6 Å². The van der Waals surface area contributed by atoms with Crippen molar-refractivity contribution in [2.24, 2.45) is 0 Å². The predicted molar refractivity (Wildman–Crippen MR) is 108 cm³/mol. The Balaban J connectivity index is 1.84. The molecule has 0 radical (unpaired) electrons. The van der Waals surface area contributed by atoms with Crippen LogP contribution in [-0.4, -0.2) is 58.0 Å². The molecule has 0 bridgehead atoms. The molecule has 2 heterocycles. The van der Waals surface area contributed by atoms with E-state index in [1.165, 1.54) is 32.1 Å². The summed E-state index contributed by atoms with van der Waals surface area (Å²) in [6.07, 6.45) is 4.37. The van der Waals surface area contributed by atoms with Gasteiger partial charge in [-0.15, -0.1) is 0 Å². The predicted octanol–water partition coefficient (Wildman–Crippen LogP) is 1.42. The molecule has 2 rings (SSSR count). The molecule has 1 aromatic rings. The van der Waals surface area contributed by atoms with E-state index in [2.05, 4.69) is 30.0 Å². The third kappa shape index (κ3) is 6.34. The lowest BCUT2D eigenvalue weighted by Gasteiger charge is -2.25. The van der Waals surface area contributed by atoms with E-state index in [4.69, 9.17) is 14.9 Å². The third-order valence-electron chi connectivity index (χ3n) is 5.13. The van der Waals surface area contributed by atoms with Gasteiger partial charge in [-0.3, -0.25) is 4.57 Å². The molecule has 0 unspecified atom stereocenters. The van der Waals surface area contributed by atoms with Gasteiger partial charge in [-0.05, 0) is 19.1 Å². The highest BCUT2D eigenvalue weighted by Crippen LogP contribution is 2.29. The number of hydrogen-bond acceptors (Lipinski definition) is 8. The molecule has 1 saturated heterocycles. The van der Waals surface area contributed by atoms with Crippen LogP contribution in [0.2, 0.25) is 19.1 Å². The number of ether oxygens (including phenoxy) is 1. The SMILES string of the molecule is CCCCCCCC[Si](C)(C)OC[C@H]1O[C@@H](n2cnc(N)nc2=O)[C@H](O)[C@@H]1O. The van der Waals surface area contributed by atoms with E-state index < -0.39 is 38.5 Å². The number of anilines is 1. The van der Waals surface area contributed by atoms with Crippen molar-refractivity contribution in [2.45, 2.75) is 89.1 Å². The van der Waals surface area contributed by atoms with Crippen LogP contribution in [0.15, 0.2) is 11.1 Å². The van der Waals surface area contributed by atoms with Crippen LogP contribution in [0.5, 0.6) is 0 Å². The van der Waals surface area contributed by atoms with Crippen LogP contribution < -0.4 is 11.4 Å². The monoisotopic (exact) mass is 414 g/mol. The van der Waals surface area contributed by atoms with Crippen LogP contribution >= 0.6 is 0 Å². The highest BCUT2D eigenvalue weighted by Gasteiger charge is 2.45. The number of nitrogens with two attached hydrogens (primary N) is 1. The number of unbranched alkanes of at least 4 members (excludes halogenated alkanes) is 5. The third-order valence-corrected chi connectivity index (χ3v) is 7.63. The Morgan fingerprint density at radius 2 is 1.89 bits per heavy atom. The zero-order valence-corrected chi connectivity index (χ0v) is 18.1. The second kappa shape index (κ2) is 10.4. The maximum absolute atomic E-state index is 12.0. The molecule has 1 fully saturated rings. The van der Waals surface area contributed by atoms with Gasteiger partial charge in [0.05, 0.1) is 6.61 Å². The Kier molecular flexibility index (Phi) is 8.56. The first kappa shape index (κ1) is 23.0. The second-order valence-electron chi connectivity index (χ2n) is 8.04. The zero-order valence-electron chi connectivity index (χ0n) is 17.1. The van der Waals surface area contributed by atoms with E-state index in [1.807, 2.05) is 0 Å². The molecule has 0 saturated carbocycles. The maximum atomic E-state index is 12.0.